The molecule has 29 heavy (non-hydrogen) atoms. The normalized spacial score (nSPS) is 15.0. The van der Waals surface area contributed by atoms with E-state index < -0.39 is 11.7 Å². The molecule has 3 amide bonds. The number of benzene rings is 1. The lowest BCUT2D eigenvalue weighted by atomic mass is 9.96. The van der Waals surface area contributed by atoms with Crippen LogP contribution >= 0.6 is 15.9 Å². The van der Waals surface area contributed by atoms with Gasteiger partial charge < -0.3 is 20.3 Å². The van der Waals surface area contributed by atoms with Gasteiger partial charge in [-0.2, -0.15) is 0 Å². The Morgan fingerprint density at radius 2 is 1.72 bits per heavy atom. The van der Waals surface area contributed by atoms with Crippen LogP contribution in [0.2, 0.25) is 0 Å². The summed E-state index contributed by atoms with van der Waals surface area (Å²) in [5.41, 5.74) is 0.411. The van der Waals surface area contributed by atoms with Gasteiger partial charge in [-0.3, -0.25) is 9.59 Å². The minimum Gasteiger partial charge on any atom is -0.444 e. The minimum absolute atomic E-state index is 0.112. The van der Waals surface area contributed by atoms with Crippen molar-refractivity contribution in [1.82, 2.24) is 15.5 Å². The van der Waals surface area contributed by atoms with E-state index in [-0.39, 0.29) is 18.4 Å². The Morgan fingerprint density at radius 1 is 1.10 bits per heavy atom. The van der Waals surface area contributed by atoms with Gasteiger partial charge in [0, 0.05) is 24.1 Å². The first kappa shape index (κ1) is 23.2. The number of hydrogen-bond acceptors (Lipinski definition) is 4. The second-order valence-corrected chi connectivity index (χ2v) is 9.20. The Kier molecular flexibility index (Phi) is 8.49. The first-order valence-electron chi connectivity index (χ1n) is 9.88. The first-order valence-corrected chi connectivity index (χ1v) is 10.7. The van der Waals surface area contributed by atoms with Crippen molar-refractivity contribution in [3.05, 3.63) is 34.3 Å². The van der Waals surface area contributed by atoms with E-state index in [0.717, 1.165) is 22.9 Å². The maximum Gasteiger partial charge on any atom is 0.408 e. The second kappa shape index (κ2) is 10.6. The topological polar surface area (TPSA) is 87.7 Å². The lowest BCUT2D eigenvalue weighted by molar-refractivity contribution is -0.132. The third-order valence-electron chi connectivity index (χ3n) is 4.62. The van der Waals surface area contributed by atoms with Crippen LogP contribution in [0.1, 0.15) is 39.2 Å². The summed E-state index contributed by atoms with van der Waals surface area (Å²) in [4.78, 5) is 37.8. The number of piperidine rings is 1. The van der Waals surface area contributed by atoms with E-state index in [2.05, 4.69) is 26.6 Å². The van der Waals surface area contributed by atoms with E-state index in [1.165, 1.54) is 0 Å². The van der Waals surface area contributed by atoms with Gasteiger partial charge in [0.05, 0.1) is 13.0 Å². The molecule has 0 unspecified atom stereocenters. The quantitative estimate of drug-likeness (QED) is 0.672. The molecule has 1 aliphatic rings. The Labute approximate surface area is 180 Å². The van der Waals surface area contributed by atoms with Crippen LogP contribution in [-0.4, -0.2) is 54.6 Å². The molecule has 1 heterocycles. The number of carbonyl (C=O) groups excluding carboxylic acids is 3. The van der Waals surface area contributed by atoms with Crippen LogP contribution in [-0.2, 0) is 20.7 Å². The van der Waals surface area contributed by atoms with Crippen LogP contribution < -0.4 is 10.6 Å². The zero-order chi connectivity index (χ0) is 21.4. The summed E-state index contributed by atoms with van der Waals surface area (Å²) in [7, 11) is 0. The van der Waals surface area contributed by atoms with Crippen molar-refractivity contribution in [2.45, 2.75) is 45.6 Å². The number of likely N-dealkylation sites (tertiary alicyclic amines) is 1. The van der Waals surface area contributed by atoms with Crippen LogP contribution in [0.3, 0.4) is 0 Å². The monoisotopic (exact) mass is 467 g/mol. The molecule has 1 aromatic rings. The number of nitrogens with one attached hydrogen (secondary N) is 2. The first-order chi connectivity index (χ1) is 13.6. The Morgan fingerprint density at radius 3 is 2.31 bits per heavy atom. The van der Waals surface area contributed by atoms with Crippen LogP contribution in [0.15, 0.2) is 28.7 Å². The zero-order valence-corrected chi connectivity index (χ0v) is 18.9. The highest BCUT2D eigenvalue weighted by Gasteiger charge is 2.23. The Bertz CT molecular complexity index is 708. The van der Waals surface area contributed by atoms with Gasteiger partial charge in [-0.25, -0.2) is 4.79 Å². The number of ether oxygens (including phenoxy) is 1. The standard InChI is InChI=1S/C21H30BrN3O4/c1-21(2,3)29-20(28)24-14-18(26)23-13-16-8-10-25(11-9-16)19(27)12-15-4-6-17(22)7-5-15/h4-7,16H,8-14H2,1-3H3,(H,23,26)(H,24,28). The molecule has 2 rings (SSSR count). The summed E-state index contributed by atoms with van der Waals surface area (Å²) in [6.07, 6.45) is 1.51. The number of alkyl carbamates (subject to hydrolysis) is 1. The lowest BCUT2D eigenvalue weighted by Gasteiger charge is -2.32. The predicted octanol–water partition coefficient (Wildman–Crippen LogP) is 2.87. The van der Waals surface area contributed by atoms with Crippen molar-refractivity contribution in [2.75, 3.05) is 26.2 Å². The van der Waals surface area contributed by atoms with Gasteiger partial charge in [-0.05, 0) is 57.2 Å². The Hall–Kier alpha value is -2.09. The summed E-state index contributed by atoms with van der Waals surface area (Å²) < 4.78 is 6.09. The second-order valence-electron chi connectivity index (χ2n) is 8.29. The molecule has 2 N–H and O–H groups in total. The smallest absolute Gasteiger partial charge is 0.408 e. The molecule has 1 aromatic carbocycles. The fourth-order valence-electron chi connectivity index (χ4n) is 3.06. The van der Waals surface area contributed by atoms with Crippen molar-refractivity contribution in [1.29, 1.82) is 0 Å². The largest absolute Gasteiger partial charge is 0.444 e. The van der Waals surface area contributed by atoms with Gasteiger partial charge in [0.2, 0.25) is 11.8 Å². The molecule has 0 radical (unpaired) electrons. The molecular weight excluding hydrogens is 438 g/mol. The van der Waals surface area contributed by atoms with Gasteiger partial charge in [0.1, 0.15) is 5.60 Å². The molecule has 7 nitrogen and oxygen atoms in total. The van der Waals surface area contributed by atoms with Crippen molar-refractivity contribution in [3.8, 4) is 0 Å². The highest BCUT2D eigenvalue weighted by molar-refractivity contribution is 9.10. The summed E-state index contributed by atoms with van der Waals surface area (Å²) in [6.45, 7) is 7.13. The van der Waals surface area contributed by atoms with E-state index >= 15 is 0 Å². The van der Waals surface area contributed by atoms with Crippen LogP contribution in [0.4, 0.5) is 4.79 Å². The van der Waals surface area contributed by atoms with Gasteiger partial charge in [0.25, 0.3) is 0 Å². The van der Waals surface area contributed by atoms with E-state index in [9.17, 15) is 14.4 Å². The molecule has 0 bridgehead atoms. The van der Waals surface area contributed by atoms with E-state index in [1.807, 2.05) is 29.2 Å². The van der Waals surface area contributed by atoms with Gasteiger partial charge in [-0.1, -0.05) is 28.1 Å². The molecule has 0 atom stereocenters. The molecular formula is C21H30BrN3O4. The summed E-state index contributed by atoms with van der Waals surface area (Å²) in [5, 5.41) is 5.29. The van der Waals surface area contributed by atoms with Crippen molar-refractivity contribution in [2.24, 2.45) is 5.92 Å². The molecule has 160 valence electrons. The summed E-state index contributed by atoms with van der Waals surface area (Å²) in [5.74, 6) is 0.221. The highest BCUT2D eigenvalue weighted by Crippen LogP contribution is 2.18. The summed E-state index contributed by atoms with van der Waals surface area (Å²) in [6, 6.07) is 7.79. The third kappa shape index (κ3) is 8.85. The fraction of sp³-hybridized carbons (Fsp3) is 0.571. The van der Waals surface area contributed by atoms with Gasteiger partial charge in [0.15, 0.2) is 0 Å². The van der Waals surface area contributed by atoms with Crippen molar-refractivity contribution >= 4 is 33.8 Å². The van der Waals surface area contributed by atoms with Crippen LogP contribution in [0.5, 0.6) is 0 Å². The average molecular weight is 468 g/mol. The molecule has 1 saturated heterocycles. The van der Waals surface area contributed by atoms with Crippen molar-refractivity contribution in [3.63, 3.8) is 0 Å². The number of carbonyl (C=O) groups is 3. The van der Waals surface area contributed by atoms with Gasteiger partial charge >= 0.3 is 6.09 Å². The number of halogens is 1. The third-order valence-corrected chi connectivity index (χ3v) is 5.14. The molecule has 1 fully saturated rings. The molecule has 1 aliphatic heterocycles. The van der Waals surface area contributed by atoms with Crippen molar-refractivity contribution < 1.29 is 19.1 Å². The number of hydrogen-bond donors (Lipinski definition) is 2. The minimum atomic E-state index is -0.606. The number of rotatable bonds is 6. The predicted molar refractivity (Wildman–Crippen MR) is 114 cm³/mol. The number of nitrogens with zero attached hydrogens (tertiary/aromatic N) is 1. The van der Waals surface area contributed by atoms with Crippen LogP contribution in [0, 0.1) is 5.92 Å². The molecule has 0 aromatic heterocycles. The van der Waals surface area contributed by atoms with E-state index in [1.54, 1.807) is 20.8 Å². The highest BCUT2D eigenvalue weighted by atomic mass is 79.9. The molecule has 0 spiro atoms. The fourth-order valence-corrected chi connectivity index (χ4v) is 3.33. The summed E-state index contributed by atoms with van der Waals surface area (Å²) >= 11 is 3.40. The Balaban J connectivity index is 1.64. The lowest BCUT2D eigenvalue weighted by Crippen LogP contribution is -2.44. The van der Waals surface area contributed by atoms with E-state index in [0.29, 0.717) is 32.0 Å². The van der Waals surface area contributed by atoms with E-state index in [4.69, 9.17) is 4.74 Å². The van der Waals surface area contributed by atoms with Crippen LogP contribution in [0.25, 0.3) is 0 Å². The number of amides is 3. The zero-order valence-electron chi connectivity index (χ0n) is 17.3. The SMILES string of the molecule is CC(C)(C)OC(=O)NCC(=O)NCC1CCN(C(=O)Cc2ccc(Br)cc2)CC1. The molecule has 0 saturated carbocycles. The van der Waals surface area contributed by atoms with Gasteiger partial charge in [-0.15, -0.1) is 0 Å². The maximum absolute atomic E-state index is 12.5. The average Bonchev–Trinajstić information content (AvgIpc) is 2.65. The molecule has 8 heteroatoms. The molecule has 0 aliphatic carbocycles. The maximum atomic E-state index is 12.5.